The number of aryl methyl sites for hydroxylation is 1. The molecule has 1 aliphatic heterocycles. The third kappa shape index (κ3) is 3.03. The first-order chi connectivity index (χ1) is 10.1. The van der Waals surface area contributed by atoms with E-state index >= 15 is 0 Å². The molecule has 0 aliphatic carbocycles. The minimum Gasteiger partial charge on any atom is -0.489 e. The second-order valence-electron chi connectivity index (χ2n) is 5.56. The van der Waals surface area contributed by atoms with E-state index < -0.39 is 6.10 Å². The molecule has 2 aromatic rings. The van der Waals surface area contributed by atoms with Crippen molar-refractivity contribution in [2.45, 2.75) is 32.5 Å². The average Bonchev–Trinajstić information content (AvgIpc) is 2.88. The highest BCUT2D eigenvalue weighted by Gasteiger charge is 2.23. The molecule has 0 spiro atoms. The summed E-state index contributed by atoms with van der Waals surface area (Å²) in [5, 5.41) is 9.58. The quantitative estimate of drug-likeness (QED) is 0.935. The van der Waals surface area contributed by atoms with Crippen molar-refractivity contribution in [1.82, 2.24) is 0 Å². The van der Waals surface area contributed by atoms with E-state index in [1.54, 1.807) is 6.92 Å². The van der Waals surface area contributed by atoms with Crippen LogP contribution in [-0.4, -0.2) is 17.8 Å². The van der Waals surface area contributed by atoms with Gasteiger partial charge in [-0.15, -0.1) is 0 Å². The van der Waals surface area contributed by atoms with Crippen LogP contribution in [0.2, 0.25) is 0 Å². The van der Waals surface area contributed by atoms with Crippen molar-refractivity contribution in [1.29, 1.82) is 0 Å². The third-order valence-corrected chi connectivity index (χ3v) is 3.82. The maximum absolute atomic E-state index is 9.58. The molecule has 1 heterocycles. The molecule has 0 saturated heterocycles. The van der Waals surface area contributed by atoms with Gasteiger partial charge in [0.05, 0.1) is 6.10 Å². The Morgan fingerprint density at radius 1 is 1.29 bits per heavy atom. The maximum Gasteiger partial charge on any atom is 0.137 e. The topological polar surface area (TPSA) is 38.7 Å². The Labute approximate surface area is 125 Å². The van der Waals surface area contributed by atoms with Gasteiger partial charge in [-0.1, -0.05) is 24.3 Å². The van der Waals surface area contributed by atoms with Crippen molar-refractivity contribution in [3.63, 3.8) is 0 Å². The molecular formula is C18H20O3. The minimum absolute atomic E-state index is 0.0678. The Balaban J connectivity index is 1.62. The first kappa shape index (κ1) is 14.0. The van der Waals surface area contributed by atoms with Crippen LogP contribution in [0.4, 0.5) is 0 Å². The number of ether oxygens (including phenoxy) is 2. The highest BCUT2D eigenvalue weighted by molar-refractivity contribution is 5.38. The van der Waals surface area contributed by atoms with Crippen LogP contribution in [0.5, 0.6) is 11.5 Å². The molecule has 1 N–H and O–H groups in total. The van der Waals surface area contributed by atoms with Crippen LogP contribution in [0, 0.1) is 6.92 Å². The first-order valence-corrected chi connectivity index (χ1v) is 7.29. The summed E-state index contributed by atoms with van der Waals surface area (Å²) >= 11 is 0. The van der Waals surface area contributed by atoms with Gasteiger partial charge in [-0.3, -0.25) is 0 Å². The summed E-state index contributed by atoms with van der Waals surface area (Å²) in [6.45, 7) is 4.29. The molecule has 3 heteroatoms. The van der Waals surface area contributed by atoms with Crippen LogP contribution in [0.15, 0.2) is 42.5 Å². The van der Waals surface area contributed by atoms with Crippen molar-refractivity contribution in [3.05, 3.63) is 59.2 Å². The molecule has 1 unspecified atom stereocenters. The molecule has 0 aromatic heterocycles. The van der Waals surface area contributed by atoms with Crippen LogP contribution in [0.3, 0.4) is 0 Å². The van der Waals surface area contributed by atoms with Crippen molar-refractivity contribution in [2.24, 2.45) is 0 Å². The largest absolute Gasteiger partial charge is 0.489 e. The van der Waals surface area contributed by atoms with Crippen molar-refractivity contribution in [2.75, 3.05) is 6.61 Å². The lowest BCUT2D eigenvalue weighted by Gasteiger charge is -2.15. The number of para-hydroxylation sites is 1. The van der Waals surface area contributed by atoms with Gasteiger partial charge in [0, 0.05) is 6.42 Å². The van der Waals surface area contributed by atoms with E-state index in [4.69, 9.17) is 9.47 Å². The summed E-state index contributed by atoms with van der Waals surface area (Å²) in [4.78, 5) is 0. The number of fused-ring (bicyclic) bond motifs is 1. The molecule has 110 valence electrons. The molecule has 21 heavy (non-hydrogen) atoms. The predicted molar refractivity (Wildman–Crippen MR) is 81.9 cm³/mol. The molecule has 1 aliphatic rings. The number of aliphatic hydroxyl groups is 1. The van der Waals surface area contributed by atoms with Gasteiger partial charge in [-0.25, -0.2) is 0 Å². The fraction of sp³-hybridized carbons (Fsp3) is 0.333. The van der Waals surface area contributed by atoms with Crippen LogP contribution in [-0.2, 0) is 6.42 Å². The maximum atomic E-state index is 9.58. The molecule has 0 bridgehead atoms. The number of aliphatic hydroxyl groups excluding tert-OH is 1. The van der Waals surface area contributed by atoms with Crippen LogP contribution in [0.25, 0.3) is 0 Å². The van der Waals surface area contributed by atoms with E-state index in [0.717, 1.165) is 29.0 Å². The van der Waals surface area contributed by atoms with Gasteiger partial charge >= 0.3 is 0 Å². The number of rotatable bonds is 4. The smallest absolute Gasteiger partial charge is 0.137 e. The van der Waals surface area contributed by atoms with Gasteiger partial charge < -0.3 is 14.6 Å². The number of benzene rings is 2. The zero-order valence-corrected chi connectivity index (χ0v) is 12.4. The van der Waals surface area contributed by atoms with Crippen molar-refractivity contribution >= 4 is 0 Å². The van der Waals surface area contributed by atoms with Gasteiger partial charge in [-0.05, 0) is 48.7 Å². The van der Waals surface area contributed by atoms with E-state index in [-0.39, 0.29) is 6.10 Å². The summed E-state index contributed by atoms with van der Waals surface area (Å²) in [5.74, 6) is 1.81. The standard InChI is InChI=1S/C18H20O3/c1-12-9-14(13(2)19)7-8-17(12)20-11-16-10-15-5-3-4-6-18(15)21-16/h3-9,13,16,19H,10-11H2,1-2H3/t13-,16?/m1/s1. The minimum atomic E-state index is -0.453. The third-order valence-electron chi connectivity index (χ3n) is 3.82. The van der Waals surface area contributed by atoms with Gasteiger partial charge in [0.25, 0.3) is 0 Å². The van der Waals surface area contributed by atoms with Crippen LogP contribution in [0.1, 0.15) is 29.7 Å². The van der Waals surface area contributed by atoms with Gasteiger partial charge in [-0.2, -0.15) is 0 Å². The second-order valence-corrected chi connectivity index (χ2v) is 5.56. The zero-order chi connectivity index (χ0) is 14.8. The molecule has 2 aromatic carbocycles. The van der Waals surface area contributed by atoms with Crippen molar-refractivity contribution in [3.8, 4) is 11.5 Å². The Hall–Kier alpha value is -2.00. The Morgan fingerprint density at radius 2 is 2.10 bits per heavy atom. The fourth-order valence-corrected chi connectivity index (χ4v) is 2.62. The molecule has 0 radical (unpaired) electrons. The average molecular weight is 284 g/mol. The molecular weight excluding hydrogens is 264 g/mol. The normalized spacial score (nSPS) is 18.0. The lowest BCUT2D eigenvalue weighted by molar-refractivity contribution is 0.148. The molecule has 2 atom stereocenters. The molecule has 0 saturated carbocycles. The summed E-state index contributed by atoms with van der Waals surface area (Å²) < 4.78 is 11.7. The van der Waals surface area contributed by atoms with E-state index in [1.165, 1.54) is 5.56 Å². The fourth-order valence-electron chi connectivity index (χ4n) is 2.62. The number of hydrogen-bond acceptors (Lipinski definition) is 3. The molecule has 0 fully saturated rings. The lowest BCUT2D eigenvalue weighted by Crippen LogP contribution is -2.22. The SMILES string of the molecule is Cc1cc([C@@H](C)O)ccc1OCC1Cc2ccccc2O1. The lowest BCUT2D eigenvalue weighted by atomic mass is 10.1. The van der Waals surface area contributed by atoms with E-state index in [1.807, 2.05) is 43.3 Å². The molecule has 3 nitrogen and oxygen atoms in total. The Bertz CT molecular complexity index is 609. The van der Waals surface area contributed by atoms with Gasteiger partial charge in [0.2, 0.25) is 0 Å². The second kappa shape index (κ2) is 5.78. The van der Waals surface area contributed by atoms with E-state index in [0.29, 0.717) is 6.61 Å². The summed E-state index contributed by atoms with van der Waals surface area (Å²) in [5.41, 5.74) is 3.18. The highest BCUT2D eigenvalue weighted by Crippen LogP contribution is 2.29. The Morgan fingerprint density at radius 3 is 2.81 bits per heavy atom. The summed E-state index contributed by atoms with van der Waals surface area (Å²) in [6, 6.07) is 13.9. The van der Waals surface area contributed by atoms with Gasteiger partial charge in [0.1, 0.15) is 24.2 Å². The highest BCUT2D eigenvalue weighted by atomic mass is 16.5. The monoisotopic (exact) mass is 284 g/mol. The summed E-state index contributed by atoms with van der Waals surface area (Å²) in [7, 11) is 0. The van der Waals surface area contributed by atoms with Crippen LogP contribution < -0.4 is 9.47 Å². The number of hydrogen-bond donors (Lipinski definition) is 1. The summed E-state index contributed by atoms with van der Waals surface area (Å²) in [6.07, 6.45) is 0.504. The zero-order valence-electron chi connectivity index (χ0n) is 12.4. The Kier molecular flexibility index (Phi) is 3.84. The van der Waals surface area contributed by atoms with Gasteiger partial charge in [0.15, 0.2) is 0 Å². The van der Waals surface area contributed by atoms with Crippen molar-refractivity contribution < 1.29 is 14.6 Å². The molecule has 0 amide bonds. The van der Waals surface area contributed by atoms with E-state index in [2.05, 4.69) is 6.07 Å². The predicted octanol–water partition coefficient (Wildman–Crippen LogP) is 3.43. The van der Waals surface area contributed by atoms with E-state index in [9.17, 15) is 5.11 Å². The molecule has 3 rings (SSSR count). The first-order valence-electron chi connectivity index (χ1n) is 7.29. The van der Waals surface area contributed by atoms with Crippen LogP contribution >= 0.6 is 0 Å².